The van der Waals surface area contributed by atoms with Crippen molar-refractivity contribution in [2.75, 3.05) is 19.6 Å². The Morgan fingerprint density at radius 2 is 2.00 bits per heavy atom. The van der Waals surface area contributed by atoms with Gasteiger partial charge >= 0.3 is 0 Å². The summed E-state index contributed by atoms with van der Waals surface area (Å²) in [5.74, 6) is 6.03. The Kier molecular flexibility index (Phi) is 5.65. The van der Waals surface area contributed by atoms with Crippen molar-refractivity contribution in [3.8, 4) is 11.8 Å². The predicted molar refractivity (Wildman–Crippen MR) is 87.8 cm³/mol. The molecule has 2 rings (SSSR count). The van der Waals surface area contributed by atoms with Crippen molar-refractivity contribution in [3.05, 3.63) is 21.9 Å². The lowest BCUT2D eigenvalue weighted by atomic mass is 9.74. The van der Waals surface area contributed by atoms with E-state index in [1.54, 1.807) is 0 Å². The number of likely N-dealkylation sites (tertiary alicyclic amines) is 1. The van der Waals surface area contributed by atoms with Gasteiger partial charge in [-0.1, -0.05) is 38.5 Å². The standard InChI is InChI=1S/C17H26N2S/c1-3-17(4-2)7-10-19(11-8-17)13-16-12-15(14-20-16)6-5-9-18/h12,14H,3-4,7-11,13,18H2,1-2H3. The monoisotopic (exact) mass is 290 g/mol. The van der Waals surface area contributed by atoms with Crippen LogP contribution in [0.2, 0.25) is 0 Å². The molecule has 110 valence electrons. The fourth-order valence-corrected chi connectivity index (χ4v) is 3.90. The first-order valence-corrected chi connectivity index (χ1v) is 8.58. The Morgan fingerprint density at radius 3 is 2.60 bits per heavy atom. The molecule has 0 aromatic carbocycles. The number of rotatable bonds is 4. The smallest absolute Gasteiger partial charge is 0.0555 e. The van der Waals surface area contributed by atoms with Gasteiger partial charge in [0.25, 0.3) is 0 Å². The molecule has 1 aromatic heterocycles. The number of hydrogen-bond acceptors (Lipinski definition) is 3. The zero-order valence-electron chi connectivity index (χ0n) is 12.7. The molecule has 1 fully saturated rings. The molecule has 2 N–H and O–H groups in total. The van der Waals surface area contributed by atoms with E-state index in [9.17, 15) is 0 Å². The van der Waals surface area contributed by atoms with Crippen LogP contribution in [0.5, 0.6) is 0 Å². The fraction of sp³-hybridized carbons (Fsp3) is 0.647. The first kappa shape index (κ1) is 15.6. The molecule has 2 heterocycles. The molecule has 0 spiro atoms. The van der Waals surface area contributed by atoms with Crippen molar-refractivity contribution < 1.29 is 0 Å². The van der Waals surface area contributed by atoms with Crippen LogP contribution in [0.3, 0.4) is 0 Å². The summed E-state index contributed by atoms with van der Waals surface area (Å²) in [7, 11) is 0. The zero-order chi connectivity index (χ0) is 14.4. The van der Waals surface area contributed by atoms with Gasteiger partial charge in [0.1, 0.15) is 0 Å². The normalized spacial score (nSPS) is 18.6. The maximum atomic E-state index is 5.41. The molecule has 0 bridgehead atoms. The highest BCUT2D eigenvalue weighted by Crippen LogP contribution is 2.38. The third-order valence-corrected chi connectivity index (χ3v) is 5.71. The summed E-state index contributed by atoms with van der Waals surface area (Å²) >= 11 is 1.82. The summed E-state index contributed by atoms with van der Waals surface area (Å²) in [6.07, 6.45) is 5.36. The minimum Gasteiger partial charge on any atom is -0.320 e. The average Bonchev–Trinajstić information content (AvgIpc) is 2.94. The molecule has 0 atom stereocenters. The number of thiophene rings is 1. The van der Waals surface area contributed by atoms with E-state index in [-0.39, 0.29) is 0 Å². The average molecular weight is 290 g/mol. The molecule has 0 saturated carbocycles. The van der Waals surface area contributed by atoms with Gasteiger partial charge in [-0.05, 0) is 37.4 Å². The highest BCUT2D eigenvalue weighted by molar-refractivity contribution is 7.10. The number of piperidine rings is 1. The summed E-state index contributed by atoms with van der Waals surface area (Å²) in [5, 5.41) is 2.14. The molecule has 0 aliphatic carbocycles. The summed E-state index contributed by atoms with van der Waals surface area (Å²) < 4.78 is 0. The van der Waals surface area contributed by atoms with Gasteiger partial charge in [0, 0.05) is 22.4 Å². The number of hydrogen-bond donors (Lipinski definition) is 1. The van der Waals surface area contributed by atoms with Gasteiger partial charge in [-0.3, -0.25) is 4.90 Å². The third kappa shape index (κ3) is 3.85. The van der Waals surface area contributed by atoms with E-state index in [4.69, 9.17) is 5.73 Å². The van der Waals surface area contributed by atoms with Crippen LogP contribution >= 0.6 is 11.3 Å². The second-order valence-electron chi connectivity index (χ2n) is 5.79. The lowest BCUT2D eigenvalue weighted by Crippen LogP contribution is -2.39. The van der Waals surface area contributed by atoms with E-state index in [2.05, 4.69) is 42.0 Å². The first-order valence-electron chi connectivity index (χ1n) is 7.70. The molecule has 3 heteroatoms. The van der Waals surface area contributed by atoms with Crippen molar-refractivity contribution in [1.29, 1.82) is 0 Å². The highest BCUT2D eigenvalue weighted by Gasteiger charge is 2.31. The van der Waals surface area contributed by atoms with Crippen LogP contribution in [0, 0.1) is 17.3 Å². The molecule has 1 aliphatic heterocycles. The fourth-order valence-electron chi connectivity index (χ4n) is 3.05. The molecule has 0 radical (unpaired) electrons. The quantitative estimate of drug-likeness (QED) is 0.861. The molecule has 2 nitrogen and oxygen atoms in total. The van der Waals surface area contributed by atoms with Crippen molar-refractivity contribution >= 4 is 11.3 Å². The topological polar surface area (TPSA) is 29.3 Å². The van der Waals surface area contributed by atoms with Gasteiger partial charge in [-0.2, -0.15) is 0 Å². The largest absolute Gasteiger partial charge is 0.320 e. The molecule has 20 heavy (non-hydrogen) atoms. The summed E-state index contributed by atoms with van der Waals surface area (Å²) in [6.45, 7) is 8.69. The first-order chi connectivity index (χ1) is 9.71. The third-order valence-electron chi connectivity index (χ3n) is 4.78. The van der Waals surface area contributed by atoms with Gasteiger partial charge in [-0.15, -0.1) is 11.3 Å². The van der Waals surface area contributed by atoms with Crippen LogP contribution in [0.15, 0.2) is 11.4 Å². The number of nitrogens with two attached hydrogens (primary N) is 1. The van der Waals surface area contributed by atoms with E-state index < -0.39 is 0 Å². The predicted octanol–water partition coefficient (Wildman–Crippen LogP) is 3.46. The zero-order valence-corrected chi connectivity index (χ0v) is 13.6. The molecular weight excluding hydrogens is 264 g/mol. The van der Waals surface area contributed by atoms with Gasteiger partial charge in [0.2, 0.25) is 0 Å². The van der Waals surface area contributed by atoms with Crippen LogP contribution < -0.4 is 5.73 Å². The summed E-state index contributed by atoms with van der Waals surface area (Å²) in [5.41, 5.74) is 7.14. The van der Waals surface area contributed by atoms with Crippen molar-refractivity contribution in [3.63, 3.8) is 0 Å². The summed E-state index contributed by atoms with van der Waals surface area (Å²) in [4.78, 5) is 4.02. The molecular formula is C17H26N2S. The van der Waals surface area contributed by atoms with E-state index in [0.29, 0.717) is 12.0 Å². The Bertz CT molecular complexity index is 467. The van der Waals surface area contributed by atoms with Gasteiger partial charge in [0.05, 0.1) is 6.54 Å². The Labute approximate surface area is 127 Å². The number of nitrogens with zero attached hydrogens (tertiary/aromatic N) is 1. The minimum atomic E-state index is 0.438. The molecule has 0 unspecified atom stereocenters. The molecule has 1 aromatic rings. The Hall–Kier alpha value is -0.820. The van der Waals surface area contributed by atoms with Crippen LogP contribution in [-0.2, 0) is 6.54 Å². The Balaban J connectivity index is 1.88. The van der Waals surface area contributed by atoms with Crippen LogP contribution in [0.25, 0.3) is 0 Å². The SMILES string of the molecule is CCC1(CC)CCN(Cc2cc(C#CCN)cs2)CC1. The lowest BCUT2D eigenvalue weighted by Gasteiger charge is -2.40. The van der Waals surface area contributed by atoms with E-state index in [0.717, 1.165) is 12.1 Å². The maximum Gasteiger partial charge on any atom is 0.0555 e. The van der Waals surface area contributed by atoms with E-state index in [1.807, 2.05) is 11.3 Å². The van der Waals surface area contributed by atoms with Crippen molar-refractivity contribution in [1.82, 2.24) is 4.90 Å². The molecule has 1 saturated heterocycles. The van der Waals surface area contributed by atoms with Crippen molar-refractivity contribution in [2.24, 2.45) is 11.1 Å². The van der Waals surface area contributed by atoms with Crippen LogP contribution in [0.4, 0.5) is 0 Å². The Morgan fingerprint density at radius 1 is 1.30 bits per heavy atom. The van der Waals surface area contributed by atoms with Crippen molar-refractivity contribution in [2.45, 2.75) is 46.1 Å². The van der Waals surface area contributed by atoms with Crippen LogP contribution in [0.1, 0.15) is 50.0 Å². The molecule has 1 aliphatic rings. The van der Waals surface area contributed by atoms with Crippen LogP contribution in [-0.4, -0.2) is 24.5 Å². The second-order valence-corrected chi connectivity index (χ2v) is 6.79. The van der Waals surface area contributed by atoms with E-state index >= 15 is 0 Å². The molecule has 0 amide bonds. The minimum absolute atomic E-state index is 0.438. The van der Waals surface area contributed by atoms with E-state index in [1.165, 1.54) is 43.6 Å². The van der Waals surface area contributed by atoms with Gasteiger partial charge in [0.15, 0.2) is 0 Å². The van der Waals surface area contributed by atoms with Gasteiger partial charge in [-0.25, -0.2) is 0 Å². The second kappa shape index (κ2) is 7.26. The summed E-state index contributed by atoms with van der Waals surface area (Å²) in [6, 6.07) is 2.22. The maximum absolute atomic E-state index is 5.41. The van der Waals surface area contributed by atoms with Gasteiger partial charge < -0.3 is 5.73 Å². The highest BCUT2D eigenvalue weighted by atomic mass is 32.1. The lowest BCUT2D eigenvalue weighted by molar-refractivity contribution is 0.0915.